The molecule has 1 aromatic rings. The van der Waals surface area contributed by atoms with Crippen LogP contribution in [0.5, 0.6) is 0 Å². The molecule has 1 unspecified atom stereocenters. The summed E-state index contributed by atoms with van der Waals surface area (Å²) in [5, 5.41) is 15.5. The Morgan fingerprint density at radius 1 is 1.18 bits per heavy atom. The maximum absolute atomic E-state index is 12.1. The number of carbonyl (C=O) groups is 2. The second-order valence-corrected chi connectivity index (χ2v) is 5.84. The van der Waals surface area contributed by atoms with Crippen molar-refractivity contribution in [2.24, 2.45) is 5.92 Å². The summed E-state index contributed by atoms with van der Waals surface area (Å²) >= 11 is 0. The lowest BCUT2D eigenvalue weighted by molar-refractivity contribution is 0.0738. The van der Waals surface area contributed by atoms with Gasteiger partial charge in [0.05, 0.1) is 6.10 Å². The van der Waals surface area contributed by atoms with Gasteiger partial charge in [-0.25, -0.2) is 0 Å². The fraction of sp³-hybridized carbons (Fsp3) is 0.529. The summed E-state index contributed by atoms with van der Waals surface area (Å²) in [5.41, 5.74) is 0.875. The molecular formula is C17H24N2O3. The smallest absolute Gasteiger partial charge is 0.251 e. The van der Waals surface area contributed by atoms with Crippen molar-refractivity contribution in [3.63, 3.8) is 0 Å². The van der Waals surface area contributed by atoms with Crippen molar-refractivity contribution in [3.05, 3.63) is 35.4 Å². The quantitative estimate of drug-likeness (QED) is 0.775. The Kier molecular flexibility index (Phi) is 5.95. The van der Waals surface area contributed by atoms with Gasteiger partial charge in [0.15, 0.2) is 0 Å². The van der Waals surface area contributed by atoms with E-state index in [1.807, 2.05) is 0 Å². The van der Waals surface area contributed by atoms with Gasteiger partial charge in [-0.2, -0.15) is 0 Å². The predicted octanol–water partition coefficient (Wildman–Crippen LogP) is 1.72. The minimum absolute atomic E-state index is 0.225. The lowest BCUT2D eigenvalue weighted by atomic mass is 9.85. The molecule has 22 heavy (non-hydrogen) atoms. The Morgan fingerprint density at radius 3 is 2.45 bits per heavy atom. The van der Waals surface area contributed by atoms with Crippen molar-refractivity contribution in [1.29, 1.82) is 0 Å². The van der Waals surface area contributed by atoms with Crippen molar-refractivity contribution in [3.8, 4) is 0 Å². The molecule has 2 rings (SSSR count). The van der Waals surface area contributed by atoms with E-state index in [1.54, 1.807) is 31.3 Å². The lowest BCUT2D eigenvalue weighted by Gasteiger charge is -2.26. The minimum atomic E-state index is -0.494. The molecule has 0 spiro atoms. The molecule has 1 atom stereocenters. The molecule has 0 saturated heterocycles. The highest BCUT2D eigenvalue weighted by Crippen LogP contribution is 2.26. The zero-order valence-electron chi connectivity index (χ0n) is 13.0. The van der Waals surface area contributed by atoms with E-state index in [9.17, 15) is 14.7 Å². The zero-order valence-corrected chi connectivity index (χ0v) is 13.0. The van der Waals surface area contributed by atoms with Crippen molar-refractivity contribution in [2.75, 3.05) is 13.6 Å². The first-order valence-corrected chi connectivity index (χ1v) is 7.90. The molecule has 0 heterocycles. The monoisotopic (exact) mass is 304 g/mol. The Morgan fingerprint density at radius 2 is 1.82 bits per heavy atom. The van der Waals surface area contributed by atoms with E-state index in [2.05, 4.69) is 10.6 Å². The van der Waals surface area contributed by atoms with Gasteiger partial charge in [-0.15, -0.1) is 0 Å². The summed E-state index contributed by atoms with van der Waals surface area (Å²) in [6, 6.07) is 6.56. The molecule has 0 aliphatic heterocycles. The predicted molar refractivity (Wildman–Crippen MR) is 84.7 cm³/mol. The number of hydrogen-bond donors (Lipinski definition) is 3. The molecule has 0 radical (unpaired) electrons. The molecular weight excluding hydrogens is 280 g/mol. The maximum atomic E-state index is 12.1. The standard InChI is InChI=1S/C17H24N2O3/c1-18-16(21)13-8-5-9-14(10-13)17(22)19-11-15(20)12-6-3-2-4-7-12/h5,8-10,12,15,20H,2-4,6-7,11H2,1H3,(H,18,21)(H,19,22). The van der Waals surface area contributed by atoms with Crippen molar-refractivity contribution in [2.45, 2.75) is 38.2 Å². The molecule has 120 valence electrons. The summed E-state index contributed by atoms with van der Waals surface area (Å²) < 4.78 is 0. The minimum Gasteiger partial charge on any atom is -0.391 e. The largest absolute Gasteiger partial charge is 0.391 e. The summed E-state index contributed by atoms with van der Waals surface area (Å²) in [4.78, 5) is 23.7. The van der Waals surface area contributed by atoms with Gasteiger partial charge in [0.2, 0.25) is 0 Å². The van der Waals surface area contributed by atoms with E-state index in [0.717, 1.165) is 25.7 Å². The number of aliphatic hydroxyl groups is 1. The average molecular weight is 304 g/mol. The molecule has 1 aliphatic carbocycles. The Balaban J connectivity index is 1.90. The molecule has 5 nitrogen and oxygen atoms in total. The maximum Gasteiger partial charge on any atom is 0.251 e. The van der Waals surface area contributed by atoms with Crippen molar-refractivity contribution >= 4 is 11.8 Å². The van der Waals surface area contributed by atoms with Crippen molar-refractivity contribution < 1.29 is 14.7 Å². The number of amides is 2. The van der Waals surface area contributed by atoms with Gasteiger partial charge >= 0.3 is 0 Å². The van der Waals surface area contributed by atoms with Crippen LogP contribution in [0.4, 0.5) is 0 Å². The van der Waals surface area contributed by atoms with Gasteiger partial charge in [-0.1, -0.05) is 25.3 Å². The van der Waals surface area contributed by atoms with E-state index in [1.165, 1.54) is 6.42 Å². The van der Waals surface area contributed by atoms with E-state index < -0.39 is 6.10 Å². The van der Waals surface area contributed by atoms with Crippen LogP contribution >= 0.6 is 0 Å². The molecule has 0 bridgehead atoms. The molecule has 1 saturated carbocycles. The van der Waals surface area contributed by atoms with Crippen molar-refractivity contribution in [1.82, 2.24) is 10.6 Å². The van der Waals surface area contributed by atoms with Crippen LogP contribution in [0.2, 0.25) is 0 Å². The van der Waals surface area contributed by atoms with Crippen LogP contribution in [0.15, 0.2) is 24.3 Å². The van der Waals surface area contributed by atoms with Crippen LogP contribution in [0, 0.1) is 5.92 Å². The number of carbonyl (C=O) groups excluding carboxylic acids is 2. The number of nitrogens with one attached hydrogen (secondary N) is 2. The first-order valence-electron chi connectivity index (χ1n) is 7.90. The Bertz CT molecular complexity index is 524. The van der Waals surface area contributed by atoms with Gasteiger partial charge < -0.3 is 15.7 Å². The summed E-state index contributed by atoms with van der Waals surface area (Å²) in [6.07, 6.45) is 5.12. The molecule has 5 heteroatoms. The molecule has 3 N–H and O–H groups in total. The van der Waals surface area contributed by atoms with E-state index >= 15 is 0 Å². The van der Waals surface area contributed by atoms with Gasteiger partial charge in [-0.05, 0) is 37.0 Å². The topological polar surface area (TPSA) is 78.4 Å². The van der Waals surface area contributed by atoms with Gasteiger partial charge in [-0.3, -0.25) is 9.59 Å². The molecule has 1 aromatic carbocycles. The third-order valence-electron chi connectivity index (χ3n) is 4.28. The van der Waals surface area contributed by atoms with Crippen LogP contribution in [-0.2, 0) is 0 Å². The van der Waals surface area contributed by atoms with E-state index in [0.29, 0.717) is 11.1 Å². The number of aliphatic hydroxyl groups excluding tert-OH is 1. The summed E-state index contributed by atoms with van der Waals surface area (Å²) in [6.45, 7) is 0.258. The van der Waals surface area contributed by atoms with Crippen LogP contribution in [-0.4, -0.2) is 36.6 Å². The average Bonchev–Trinajstić information content (AvgIpc) is 2.59. The zero-order chi connectivity index (χ0) is 15.9. The number of benzene rings is 1. The van der Waals surface area contributed by atoms with Gasteiger partial charge in [0.1, 0.15) is 0 Å². The normalized spacial score (nSPS) is 16.8. The van der Waals surface area contributed by atoms with Crippen LogP contribution < -0.4 is 10.6 Å². The molecule has 1 fully saturated rings. The van der Waals surface area contributed by atoms with Crippen LogP contribution in [0.3, 0.4) is 0 Å². The first kappa shape index (κ1) is 16.5. The molecule has 2 amide bonds. The van der Waals surface area contributed by atoms with E-state index in [-0.39, 0.29) is 24.3 Å². The molecule has 0 aromatic heterocycles. The third-order valence-corrected chi connectivity index (χ3v) is 4.28. The fourth-order valence-electron chi connectivity index (χ4n) is 2.93. The highest BCUT2D eigenvalue weighted by Gasteiger charge is 2.22. The fourth-order valence-corrected chi connectivity index (χ4v) is 2.93. The third kappa shape index (κ3) is 4.31. The molecule has 1 aliphatic rings. The number of hydrogen-bond acceptors (Lipinski definition) is 3. The Labute approximate surface area is 131 Å². The van der Waals surface area contributed by atoms with Crippen LogP contribution in [0.1, 0.15) is 52.8 Å². The van der Waals surface area contributed by atoms with Gasteiger partial charge in [0.25, 0.3) is 11.8 Å². The lowest BCUT2D eigenvalue weighted by Crippen LogP contribution is -2.37. The Hall–Kier alpha value is -1.88. The van der Waals surface area contributed by atoms with Crippen LogP contribution in [0.25, 0.3) is 0 Å². The number of rotatable bonds is 5. The first-order chi connectivity index (χ1) is 10.6. The highest BCUT2D eigenvalue weighted by molar-refractivity contribution is 5.99. The van der Waals surface area contributed by atoms with E-state index in [4.69, 9.17) is 0 Å². The summed E-state index contributed by atoms with van der Waals surface area (Å²) in [5.74, 6) is -0.205. The SMILES string of the molecule is CNC(=O)c1cccc(C(=O)NCC(O)C2CCCCC2)c1. The second kappa shape index (κ2) is 7.94. The summed E-state index contributed by atoms with van der Waals surface area (Å²) in [7, 11) is 1.55. The second-order valence-electron chi connectivity index (χ2n) is 5.84. The highest BCUT2D eigenvalue weighted by atomic mass is 16.3. The van der Waals surface area contributed by atoms with Gasteiger partial charge in [0, 0.05) is 24.7 Å².